The molecule has 0 aliphatic carbocycles. The van der Waals surface area contributed by atoms with Crippen molar-refractivity contribution < 1.29 is 33.7 Å². The monoisotopic (exact) mass is 472 g/mol. The van der Waals surface area contributed by atoms with Crippen LogP contribution in [0.25, 0.3) is 0 Å². The van der Waals surface area contributed by atoms with E-state index in [0.29, 0.717) is 25.1 Å². The lowest BCUT2D eigenvalue weighted by Gasteiger charge is -2.37. The average molecular weight is 473 g/mol. The minimum absolute atomic E-state index is 0.0148. The number of amides is 2. The van der Waals surface area contributed by atoms with E-state index < -0.39 is 23.4 Å². The van der Waals surface area contributed by atoms with E-state index in [9.17, 15) is 24.2 Å². The molecule has 8 nitrogen and oxygen atoms in total. The van der Waals surface area contributed by atoms with Gasteiger partial charge < -0.3 is 29.9 Å². The van der Waals surface area contributed by atoms with Crippen molar-refractivity contribution in [2.24, 2.45) is 0 Å². The van der Waals surface area contributed by atoms with Crippen LogP contribution in [0, 0.1) is 5.82 Å². The molecule has 0 bridgehead atoms. The number of rotatable bonds is 7. The number of ether oxygens (including phenoxy) is 2. The minimum Gasteiger partial charge on any atom is -0.488 e. The summed E-state index contributed by atoms with van der Waals surface area (Å²) in [5.41, 5.74) is 0.216. The fourth-order valence-corrected chi connectivity index (χ4v) is 4.28. The quantitative estimate of drug-likeness (QED) is 0.571. The van der Waals surface area contributed by atoms with Gasteiger partial charge in [-0.1, -0.05) is 36.4 Å². The lowest BCUT2D eigenvalue weighted by Crippen LogP contribution is -2.49. The normalized spacial score (nSPS) is 21.7. The summed E-state index contributed by atoms with van der Waals surface area (Å²) in [5.74, 6) is -1.39. The second kappa shape index (κ2) is 10.4. The van der Waals surface area contributed by atoms with Crippen LogP contribution in [0.2, 0.25) is 0 Å². The molecule has 2 aliphatic rings. The van der Waals surface area contributed by atoms with Gasteiger partial charge >= 0.3 is 6.09 Å². The largest absolute Gasteiger partial charge is 0.488 e. The molecular weight excluding hydrogens is 443 g/mol. The Morgan fingerprint density at radius 2 is 1.91 bits per heavy atom. The van der Waals surface area contributed by atoms with Crippen molar-refractivity contribution in [3.8, 4) is 5.75 Å². The van der Waals surface area contributed by atoms with E-state index in [1.54, 1.807) is 11.0 Å². The van der Waals surface area contributed by atoms with Gasteiger partial charge in [-0.25, -0.2) is 9.18 Å². The highest BCUT2D eigenvalue weighted by Gasteiger charge is 2.36. The number of piperidine rings is 1. The van der Waals surface area contributed by atoms with Crippen LogP contribution in [0.4, 0.5) is 9.18 Å². The first-order valence-electron chi connectivity index (χ1n) is 11.4. The first-order valence-corrected chi connectivity index (χ1v) is 11.4. The Morgan fingerprint density at radius 3 is 2.56 bits per heavy atom. The Balaban J connectivity index is 1.26. The molecule has 2 heterocycles. The number of hydrogen-bond donors (Lipinski definition) is 3. The topological polar surface area (TPSA) is 108 Å². The highest BCUT2D eigenvalue weighted by atomic mass is 19.1. The molecule has 0 radical (unpaired) electrons. The van der Waals surface area contributed by atoms with Gasteiger partial charge in [0, 0.05) is 13.1 Å². The fraction of sp³-hybridized carbons (Fsp3) is 0.440. The molecular formula is C25H29FN2O6. The average Bonchev–Trinajstić information content (AvgIpc) is 3.23. The molecule has 4 rings (SSSR count). The molecule has 2 atom stereocenters. The van der Waals surface area contributed by atoms with Gasteiger partial charge in [-0.15, -0.1) is 0 Å². The molecule has 0 spiro atoms. The van der Waals surface area contributed by atoms with Crippen molar-refractivity contribution in [2.45, 2.75) is 43.4 Å². The zero-order chi connectivity index (χ0) is 24.1. The molecule has 2 fully saturated rings. The maximum Gasteiger partial charge on any atom is 0.410 e. The zero-order valence-corrected chi connectivity index (χ0v) is 18.8. The summed E-state index contributed by atoms with van der Waals surface area (Å²) >= 11 is 0. The van der Waals surface area contributed by atoms with Crippen molar-refractivity contribution >= 4 is 12.0 Å². The SMILES string of the molecule is O=C1NC(CO)C[C@@H]1c1ccc(OCC2(O)CCN(C(=O)OCc3ccccc3)CC2)c(F)c1. The van der Waals surface area contributed by atoms with Crippen molar-refractivity contribution in [3.63, 3.8) is 0 Å². The number of hydrogen-bond acceptors (Lipinski definition) is 6. The summed E-state index contributed by atoms with van der Waals surface area (Å²) in [4.78, 5) is 25.9. The molecule has 0 aromatic heterocycles. The molecule has 182 valence electrons. The van der Waals surface area contributed by atoms with Crippen LogP contribution in [0.5, 0.6) is 5.75 Å². The molecule has 0 saturated carbocycles. The van der Waals surface area contributed by atoms with E-state index in [1.807, 2.05) is 30.3 Å². The zero-order valence-electron chi connectivity index (χ0n) is 18.8. The van der Waals surface area contributed by atoms with Crippen molar-refractivity contribution in [2.75, 3.05) is 26.3 Å². The number of likely N-dealkylation sites (tertiary alicyclic amines) is 1. The standard InChI is InChI=1S/C25H29FN2O6/c26-21-12-18(20-13-19(14-29)27-23(20)30)6-7-22(21)34-16-25(32)8-10-28(11-9-25)24(31)33-15-17-4-2-1-3-5-17/h1-7,12,19-20,29,32H,8-11,13-16H2,(H,27,30)/t19?,20-/m1/s1. The van der Waals surface area contributed by atoms with Crippen LogP contribution in [0.3, 0.4) is 0 Å². The van der Waals surface area contributed by atoms with E-state index in [2.05, 4.69) is 5.32 Å². The fourth-order valence-electron chi connectivity index (χ4n) is 4.28. The highest BCUT2D eigenvalue weighted by molar-refractivity contribution is 5.86. The van der Waals surface area contributed by atoms with Crippen LogP contribution in [0.1, 0.15) is 36.3 Å². The Bertz CT molecular complexity index is 1010. The first-order chi connectivity index (χ1) is 16.4. The number of aliphatic hydroxyl groups excluding tert-OH is 1. The van der Waals surface area contributed by atoms with Crippen LogP contribution in [-0.4, -0.2) is 65.1 Å². The van der Waals surface area contributed by atoms with Gasteiger partial charge in [0.25, 0.3) is 0 Å². The summed E-state index contributed by atoms with van der Waals surface area (Å²) in [6.07, 6.45) is 0.516. The number of benzene rings is 2. The number of carbonyl (C=O) groups excluding carboxylic acids is 2. The molecule has 2 amide bonds. The van der Waals surface area contributed by atoms with E-state index in [0.717, 1.165) is 5.56 Å². The Kier molecular flexibility index (Phi) is 7.33. The van der Waals surface area contributed by atoms with Crippen LogP contribution in [0.15, 0.2) is 48.5 Å². The molecule has 34 heavy (non-hydrogen) atoms. The van der Waals surface area contributed by atoms with Gasteiger partial charge in [-0.3, -0.25) is 4.79 Å². The van der Waals surface area contributed by atoms with Gasteiger partial charge in [0.1, 0.15) is 18.8 Å². The predicted octanol–water partition coefficient (Wildman–Crippen LogP) is 2.33. The summed E-state index contributed by atoms with van der Waals surface area (Å²) in [6.45, 7) is 0.511. The van der Waals surface area contributed by atoms with E-state index in [-0.39, 0.29) is 50.4 Å². The third kappa shape index (κ3) is 5.66. The van der Waals surface area contributed by atoms with E-state index in [1.165, 1.54) is 12.1 Å². The van der Waals surface area contributed by atoms with Crippen LogP contribution < -0.4 is 10.1 Å². The van der Waals surface area contributed by atoms with E-state index >= 15 is 0 Å². The first kappa shape index (κ1) is 24.0. The Hall–Kier alpha value is -3.17. The summed E-state index contributed by atoms with van der Waals surface area (Å²) < 4.78 is 25.5. The van der Waals surface area contributed by atoms with E-state index in [4.69, 9.17) is 9.47 Å². The van der Waals surface area contributed by atoms with Gasteiger partial charge in [0.15, 0.2) is 11.6 Å². The van der Waals surface area contributed by atoms with Crippen LogP contribution in [-0.2, 0) is 16.1 Å². The Labute approximate surface area is 197 Å². The highest BCUT2D eigenvalue weighted by Crippen LogP contribution is 2.31. The molecule has 2 aromatic rings. The number of carbonyl (C=O) groups is 2. The lowest BCUT2D eigenvalue weighted by molar-refractivity contribution is -0.120. The molecule has 2 aliphatic heterocycles. The molecule has 1 unspecified atom stereocenters. The van der Waals surface area contributed by atoms with Crippen molar-refractivity contribution in [3.05, 3.63) is 65.5 Å². The lowest BCUT2D eigenvalue weighted by atomic mass is 9.92. The minimum atomic E-state index is -1.19. The molecule has 2 saturated heterocycles. The van der Waals surface area contributed by atoms with Gasteiger partial charge in [-0.2, -0.15) is 0 Å². The second-order valence-electron chi connectivity index (χ2n) is 8.91. The van der Waals surface area contributed by atoms with Gasteiger partial charge in [0.2, 0.25) is 5.91 Å². The third-order valence-electron chi connectivity index (χ3n) is 6.42. The van der Waals surface area contributed by atoms with Crippen LogP contribution >= 0.6 is 0 Å². The Morgan fingerprint density at radius 1 is 1.18 bits per heavy atom. The number of halogens is 1. The maximum absolute atomic E-state index is 14.6. The number of nitrogens with one attached hydrogen (secondary N) is 1. The summed E-state index contributed by atoms with van der Waals surface area (Å²) in [7, 11) is 0. The molecule has 2 aromatic carbocycles. The molecule has 3 N–H and O–H groups in total. The summed E-state index contributed by atoms with van der Waals surface area (Å²) in [5, 5.41) is 22.7. The number of nitrogens with zero attached hydrogens (tertiary/aromatic N) is 1. The van der Waals surface area contributed by atoms with Gasteiger partial charge in [-0.05, 0) is 42.5 Å². The summed E-state index contributed by atoms with van der Waals surface area (Å²) in [6, 6.07) is 13.4. The van der Waals surface area contributed by atoms with Crippen molar-refractivity contribution in [1.82, 2.24) is 10.2 Å². The molecule has 9 heteroatoms. The predicted molar refractivity (Wildman–Crippen MR) is 121 cm³/mol. The third-order valence-corrected chi connectivity index (χ3v) is 6.42. The van der Waals surface area contributed by atoms with Gasteiger partial charge in [0.05, 0.1) is 18.6 Å². The number of aliphatic hydroxyl groups is 2. The second-order valence-corrected chi connectivity index (χ2v) is 8.91. The smallest absolute Gasteiger partial charge is 0.410 e. The maximum atomic E-state index is 14.6. The van der Waals surface area contributed by atoms with Crippen molar-refractivity contribution in [1.29, 1.82) is 0 Å².